The normalized spacial score (nSPS) is 15.9. The molecule has 1 N–H and O–H groups in total. The summed E-state index contributed by atoms with van der Waals surface area (Å²) in [6.45, 7) is 0.0561. The second-order valence-electron chi connectivity index (χ2n) is 10.1. The SMILES string of the molecule is COC(=O)[C@H]1CN(S(=O)(=O)c2cc3ccc(Cl)cc3s2)CC(=O)N1Cc1ccc(C(=N)N(C)CCc2ccccn2)cc1. The van der Waals surface area contributed by atoms with Crippen LogP contribution in [-0.4, -0.2) is 85.1 Å². The highest BCUT2D eigenvalue weighted by Crippen LogP contribution is 2.33. The lowest BCUT2D eigenvalue weighted by atomic mass is 10.1. The zero-order chi connectivity index (χ0) is 30.7. The van der Waals surface area contributed by atoms with Gasteiger partial charge < -0.3 is 14.5 Å². The summed E-state index contributed by atoms with van der Waals surface area (Å²) in [4.78, 5) is 33.6. The zero-order valence-electron chi connectivity index (χ0n) is 23.6. The largest absolute Gasteiger partial charge is 0.467 e. The Balaban J connectivity index is 1.28. The van der Waals surface area contributed by atoms with Crippen molar-refractivity contribution in [1.82, 2.24) is 19.1 Å². The van der Waals surface area contributed by atoms with E-state index in [-0.39, 0.29) is 17.3 Å². The van der Waals surface area contributed by atoms with Crippen LogP contribution in [-0.2, 0) is 37.3 Å². The number of hydrogen-bond donors (Lipinski definition) is 1. The third kappa shape index (κ3) is 6.72. The van der Waals surface area contributed by atoms with Crippen LogP contribution in [0, 0.1) is 5.41 Å². The first-order valence-electron chi connectivity index (χ1n) is 13.4. The predicted octanol–water partition coefficient (Wildman–Crippen LogP) is 4.02. The lowest BCUT2D eigenvalue weighted by molar-refractivity contribution is -0.157. The molecule has 1 saturated heterocycles. The number of esters is 1. The number of aromatic nitrogens is 1. The number of amides is 1. The van der Waals surface area contributed by atoms with Crippen molar-refractivity contribution in [2.45, 2.75) is 23.2 Å². The Morgan fingerprint density at radius 3 is 2.63 bits per heavy atom. The minimum absolute atomic E-state index is 0.0673. The molecule has 0 bridgehead atoms. The molecule has 1 aliphatic heterocycles. The zero-order valence-corrected chi connectivity index (χ0v) is 26.0. The second-order valence-corrected chi connectivity index (χ2v) is 13.8. The number of sulfonamides is 1. The average molecular weight is 640 g/mol. The van der Waals surface area contributed by atoms with Crippen molar-refractivity contribution in [3.8, 4) is 0 Å². The number of carbonyl (C=O) groups is 2. The van der Waals surface area contributed by atoms with E-state index in [0.29, 0.717) is 34.1 Å². The number of thiophene rings is 1. The summed E-state index contributed by atoms with van der Waals surface area (Å²) >= 11 is 7.13. The fourth-order valence-electron chi connectivity index (χ4n) is 4.85. The van der Waals surface area contributed by atoms with Crippen molar-refractivity contribution < 1.29 is 22.7 Å². The molecule has 0 radical (unpaired) electrons. The van der Waals surface area contributed by atoms with Crippen LogP contribution in [0.25, 0.3) is 10.1 Å². The fraction of sp³-hybridized carbons (Fsp3) is 0.267. The lowest BCUT2D eigenvalue weighted by Crippen LogP contribution is -2.60. The smallest absolute Gasteiger partial charge is 0.329 e. The number of benzene rings is 2. The molecule has 2 aromatic carbocycles. The summed E-state index contributed by atoms with van der Waals surface area (Å²) < 4.78 is 33.9. The van der Waals surface area contributed by atoms with E-state index in [9.17, 15) is 18.0 Å². The third-order valence-electron chi connectivity index (χ3n) is 7.30. The van der Waals surface area contributed by atoms with Crippen molar-refractivity contribution >= 4 is 60.8 Å². The van der Waals surface area contributed by atoms with Crippen LogP contribution in [0.15, 0.2) is 77.1 Å². The molecule has 2 aromatic heterocycles. The lowest BCUT2D eigenvalue weighted by Gasteiger charge is -2.38. The van der Waals surface area contributed by atoms with Gasteiger partial charge in [-0.25, -0.2) is 13.2 Å². The summed E-state index contributed by atoms with van der Waals surface area (Å²) in [5.74, 6) is -0.877. The van der Waals surface area contributed by atoms with E-state index in [4.69, 9.17) is 21.7 Å². The number of ether oxygens (including phenoxy) is 1. The molecule has 3 heterocycles. The molecule has 43 heavy (non-hydrogen) atoms. The maximum Gasteiger partial charge on any atom is 0.329 e. The van der Waals surface area contributed by atoms with E-state index in [1.807, 2.05) is 30.1 Å². The van der Waals surface area contributed by atoms with Gasteiger partial charge in [0.15, 0.2) is 0 Å². The highest BCUT2D eigenvalue weighted by Gasteiger charge is 2.42. The van der Waals surface area contributed by atoms with Gasteiger partial charge in [0.2, 0.25) is 5.91 Å². The number of rotatable bonds is 9. The second kappa shape index (κ2) is 12.8. The van der Waals surface area contributed by atoms with Crippen LogP contribution in [0.4, 0.5) is 0 Å². The molecule has 4 aromatic rings. The Bertz CT molecular complexity index is 1760. The molecule has 1 amide bonds. The van der Waals surface area contributed by atoms with E-state index in [2.05, 4.69) is 4.98 Å². The first-order valence-corrected chi connectivity index (χ1v) is 16.1. The highest BCUT2D eigenvalue weighted by molar-refractivity contribution is 7.91. The maximum absolute atomic E-state index is 13.5. The van der Waals surface area contributed by atoms with Gasteiger partial charge in [-0.3, -0.25) is 15.2 Å². The van der Waals surface area contributed by atoms with Crippen LogP contribution >= 0.6 is 22.9 Å². The number of halogens is 1. The van der Waals surface area contributed by atoms with Gasteiger partial charge in [-0.05, 0) is 41.3 Å². The Hall–Kier alpha value is -3.84. The number of methoxy groups -OCH3 is 1. The number of likely N-dealkylation sites (N-methyl/N-ethyl adjacent to an activating group) is 1. The quantitative estimate of drug-likeness (QED) is 0.167. The molecular weight excluding hydrogens is 610 g/mol. The van der Waals surface area contributed by atoms with Gasteiger partial charge in [0, 0.05) is 60.3 Å². The van der Waals surface area contributed by atoms with Crippen molar-refractivity contribution in [1.29, 1.82) is 5.41 Å². The molecule has 5 rings (SSSR count). The number of fused-ring (bicyclic) bond motifs is 1. The monoisotopic (exact) mass is 639 g/mol. The summed E-state index contributed by atoms with van der Waals surface area (Å²) in [6, 6.07) is 18.4. The van der Waals surface area contributed by atoms with Crippen LogP contribution < -0.4 is 0 Å². The van der Waals surface area contributed by atoms with Crippen LogP contribution in [0.3, 0.4) is 0 Å². The summed E-state index contributed by atoms with van der Waals surface area (Å²) in [7, 11) is -1.01. The van der Waals surface area contributed by atoms with E-state index < -0.39 is 34.5 Å². The number of hydrogen-bond acceptors (Lipinski definition) is 8. The summed E-state index contributed by atoms with van der Waals surface area (Å²) in [5, 5.41) is 9.79. The van der Waals surface area contributed by atoms with Crippen LogP contribution in [0.2, 0.25) is 5.02 Å². The van der Waals surface area contributed by atoms with Gasteiger partial charge in [-0.15, -0.1) is 11.3 Å². The van der Waals surface area contributed by atoms with Crippen LogP contribution in [0.5, 0.6) is 0 Å². The number of nitrogens with one attached hydrogen (secondary N) is 1. The number of pyridine rings is 1. The molecule has 0 spiro atoms. The van der Waals surface area contributed by atoms with Crippen LogP contribution in [0.1, 0.15) is 16.8 Å². The standard InChI is InChI=1S/C30H30ClN5O5S2/c1-34(14-12-24-5-3-4-13-33-24)29(32)21-8-6-20(7-9-21)17-36-25(30(38)41-2)18-35(19-27(36)37)43(39,40)28-15-22-10-11-23(31)16-26(22)42-28/h3-11,13,15-16,25,32H,12,14,17-19H2,1-2H3/t25-/m1/s1. The number of amidine groups is 1. The number of piperazine rings is 1. The van der Waals surface area contributed by atoms with Gasteiger partial charge in [0.1, 0.15) is 16.1 Å². The first kappa shape index (κ1) is 30.6. The van der Waals surface area contributed by atoms with E-state index >= 15 is 0 Å². The van der Waals surface area contributed by atoms with Gasteiger partial charge in [-0.1, -0.05) is 48.0 Å². The number of carbonyl (C=O) groups excluding carboxylic acids is 2. The Morgan fingerprint density at radius 1 is 1.16 bits per heavy atom. The Morgan fingerprint density at radius 2 is 1.93 bits per heavy atom. The van der Waals surface area contributed by atoms with Gasteiger partial charge in [-0.2, -0.15) is 4.31 Å². The van der Waals surface area contributed by atoms with Gasteiger partial charge in [0.05, 0.1) is 13.7 Å². The maximum atomic E-state index is 13.5. The Kier molecular flexibility index (Phi) is 9.11. The fourth-order valence-corrected chi connectivity index (χ4v) is 8.08. The molecule has 0 aliphatic carbocycles. The molecule has 1 fully saturated rings. The predicted molar refractivity (Wildman–Crippen MR) is 166 cm³/mol. The molecule has 1 aliphatic rings. The molecule has 0 unspecified atom stereocenters. The van der Waals surface area contributed by atoms with Gasteiger partial charge in [0.25, 0.3) is 10.0 Å². The van der Waals surface area contributed by atoms with Crippen molar-refractivity contribution in [2.75, 3.05) is 33.8 Å². The highest BCUT2D eigenvalue weighted by atomic mass is 35.5. The van der Waals surface area contributed by atoms with E-state index in [0.717, 1.165) is 32.3 Å². The molecule has 0 saturated carbocycles. The minimum atomic E-state index is -4.07. The summed E-state index contributed by atoms with van der Waals surface area (Å²) in [6.07, 6.45) is 2.45. The van der Waals surface area contributed by atoms with Crippen molar-refractivity contribution in [3.05, 3.63) is 94.8 Å². The topological polar surface area (TPSA) is 124 Å². The third-order valence-corrected chi connectivity index (χ3v) is 10.9. The Labute approximate surface area is 259 Å². The molecule has 1 atom stereocenters. The van der Waals surface area contributed by atoms with E-state index in [1.54, 1.807) is 54.7 Å². The molecule has 10 nitrogen and oxygen atoms in total. The molecule has 13 heteroatoms. The molecule has 224 valence electrons. The van der Waals surface area contributed by atoms with E-state index in [1.165, 1.54) is 12.0 Å². The average Bonchev–Trinajstić information content (AvgIpc) is 3.45. The van der Waals surface area contributed by atoms with Gasteiger partial charge >= 0.3 is 5.97 Å². The number of nitrogens with zero attached hydrogens (tertiary/aromatic N) is 4. The molecular formula is C30H30ClN5O5S2. The summed E-state index contributed by atoms with van der Waals surface area (Å²) in [5.41, 5.74) is 2.38. The van der Waals surface area contributed by atoms with Crippen molar-refractivity contribution in [3.63, 3.8) is 0 Å². The van der Waals surface area contributed by atoms with Crippen molar-refractivity contribution in [2.24, 2.45) is 0 Å². The minimum Gasteiger partial charge on any atom is -0.467 e. The first-order chi connectivity index (χ1) is 20.6.